The van der Waals surface area contributed by atoms with Gasteiger partial charge in [-0.05, 0) is 63.7 Å². The van der Waals surface area contributed by atoms with Crippen LogP contribution in [0.15, 0.2) is 24.5 Å². The predicted octanol–water partition coefficient (Wildman–Crippen LogP) is 5.78. The third-order valence-corrected chi connectivity index (χ3v) is 7.11. The number of carbonyl (C=O) groups excluding carboxylic acids is 2. The number of piperidine rings is 1. The number of nitrogens with one attached hydrogen (secondary N) is 2. The van der Waals surface area contributed by atoms with Gasteiger partial charge in [0.25, 0.3) is 0 Å². The van der Waals surface area contributed by atoms with E-state index in [0.717, 1.165) is 0 Å². The van der Waals surface area contributed by atoms with Crippen LogP contribution in [-0.2, 0) is 9.47 Å². The Labute approximate surface area is 240 Å². The van der Waals surface area contributed by atoms with Gasteiger partial charge in [-0.25, -0.2) is 28.3 Å². The molecule has 2 aliphatic heterocycles. The molecule has 0 radical (unpaired) electrons. The molecule has 41 heavy (non-hydrogen) atoms. The molecule has 2 aliphatic rings. The van der Waals surface area contributed by atoms with Crippen LogP contribution < -0.4 is 20.3 Å². The maximum absolute atomic E-state index is 15.7. The average Bonchev–Trinajstić information content (AvgIpc) is 2.91. The van der Waals surface area contributed by atoms with Crippen molar-refractivity contribution in [3.63, 3.8) is 0 Å². The molecule has 2 aromatic heterocycles. The number of benzene rings is 1. The van der Waals surface area contributed by atoms with Gasteiger partial charge in [0.15, 0.2) is 0 Å². The molecule has 0 unspecified atom stereocenters. The predicted molar refractivity (Wildman–Crippen MR) is 150 cm³/mol. The highest BCUT2D eigenvalue weighted by Gasteiger charge is 2.32. The summed E-state index contributed by atoms with van der Waals surface area (Å²) in [6, 6.07) is 3.06. The van der Waals surface area contributed by atoms with Gasteiger partial charge in [0.2, 0.25) is 5.88 Å². The van der Waals surface area contributed by atoms with Gasteiger partial charge in [-0.3, -0.25) is 10.2 Å². The minimum absolute atomic E-state index is 0.109. The van der Waals surface area contributed by atoms with E-state index >= 15 is 4.39 Å². The van der Waals surface area contributed by atoms with Crippen molar-refractivity contribution in [1.82, 2.24) is 15.3 Å². The summed E-state index contributed by atoms with van der Waals surface area (Å²) < 4.78 is 46.2. The molecule has 13 heteroatoms. The number of hydrogen-bond donors (Lipinski definition) is 2. The van der Waals surface area contributed by atoms with E-state index in [9.17, 15) is 14.0 Å². The SMILES string of the molecule is Cc1c(-c2cc3cc(NC(=O)O[C@H]4CCNC[C@H]4F)ncc3c(Cl)c2F)cnc2c1N(C(=O)OC(C)(C)C)CCO2. The number of nitrogens with zero attached hydrogens (tertiary/aromatic N) is 3. The maximum Gasteiger partial charge on any atom is 0.415 e. The molecular formula is C28H30ClF2N5O5. The fourth-order valence-corrected chi connectivity index (χ4v) is 5.06. The van der Waals surface area contributed by atoms with Crippen LogP contribution in [0.1, 0.15) is 32.8 Å². The lowest BCUT2D eigenvalue weighted by Gasteiger charge is -2.32. The molecule has 1 saturated heterocycles. The number of pyridine rings is 2. The Morgan fingerprint density at radius 3 is 2.73 bits per heavy atom. The summed E-state index contributed by atoms with van der Waals surface area (Å²) in [5, 5.41) is 6.01. The van der Waals surface area contributed by atoms with Crippen molar-refractivity contribution in [2.45, 2.75) is 52.0 Å². The molecule has 2 N–H and O–H groups in total. The van der Waals surface area contributed by atoms with Crippen molar-refractivity contribution in [3.8, 4) is 17.0 Å². The average molecular weight is 590 g/mol. The number of hydrogen-bond acceptors (Lipinski definition) is 8. The molecule has 3 aromatic rings. The van der Waals surface area contributed by atoms with Gasteiger partial charge in [-0.15, -0.1) is 0 Å². The van der Waals surface area contributed by atoms with E-state index in [-0.39, 0.29) is 42.0 Å². The van der Waals surface area contributed by atoms with Crippen LogP contribution in [0.2, 0.25) is 5.02 Å². The molecular weight excluding hydrogens is 560 g/mol. The van der Waals surface area contributed by atoms with E-state index in [4.69, 9.17) is 25.8 Å². The lowest BCUT2D eigenvalue weighted by Crippen LogP contribution is -2.44. The highest BCUT2D eigenvalue weighted by atomic mass is 35.5. The van der Waals surface area contributed by atoms with Crippen molar-refractivity contribution >= 4 is 46.1 Å². The van der Waals surface area contributed by atoms with Gasteiger partial charge in [0, 0.05) is 35.5 Å². The zero-order valence-corrected chi connectivity index (χ0v) is 23.8. The second kappa shape index (κ2) is 11.2. The third kappa shape index (κ3) is 5.98. The van der Waals surface area contributed by atoms with Gasteiger partial charge in [0.1, 0.15) is 41.8 Å². The van der Waals surface area contributed by atoms with Crippen molar-refractivity contribution in [2.24, 2.45) is 0 Å². The topological polar surface area (TPSA) is 115 Å². The Balaban J connectivity index is 1.48. The van der Waals surface area contributed by atoms with Crippen LogP contribution in [0.25, 0.3) is 21.9 Å². The summed E-state index contributed by atoms with van der Waals surface area (Å²) in [7, 11) is 0. The van der Waals surface area contributed by atoms with Crippen molar-refractivity contribution in [3.05, 3.63) is 40.9 Å². The normalized spacial score (nSPS) is 18.9. The van der Waals surface area contributed by atoms with Gasteiger partial charge < -0.3 is 19.5 Å². The van der Waals surface area contributed by atoms with E-state index in [1.165, 1.54) is 23.4 Å². The van der Waals surface area contributed by atoms with E-state index < -0.39 is 35.9 Å². The minimum Gasteiger partial charge on any atom is -0.474 e. The summed E-state index contributed by atoms with van der Waals surface area (Å²) >= 11 is 6.43. The molecule has 4 heterocycles. The molecule has 0 aliphatic carbocycles. The Bertz CT molecular complexity index is 1520. The summed E-state index contributed by atoms with van der Waals surface area (Å²) in [5.41, 5.74) is 0.699. The van der Waals surface area contributed by atoms with Crippen LogP contribution in [0.5, 0.6) is 5.88 Å². The zero-order chi connectivity index (χ0) is 29.5. The van der Waals surface area contributed by atoms with E-state index in [2.05, 4.69) is 20.6 Å². The van der Waals surface area contributed by atoms with E-state index in [1.807, 2.05) is 0 Å². The Kier molecular flexibility index (Phi) is 7.89. The highest BCUT2D eigenvalue weighted by Crippen LogP contribution is 2.42. The second-order valence-corrected chi connectivity index (χ2v) is 11.2. The summed E-state index contributed by atoms with van der Waals surface area (Å²) in [6.45, 7) is 8.13. The van der Waals surface area contributed by atoms with Crippen LogP contribution >= 0.6 is 11.6 Å². The molecule has 2 atom stereocenters. The van der Waals surface area contributed by atoms with Gasteiger partial charge in [-0.1, -0.05) is 11.6 Å². The number of aromatic nitrogens is 2. The number of amides is 2. The number of halogens is 3. The molecule has 218 valence electrons. The first-order valence-corrected chi connectivity index (χ1v) is 13.5. The fraction of sp³-hybridized carbons (Fsp3) is 0.429. The van der Waals surface area contributed by atoms with Crippen LogP contribution in [0, 0.1) is 12.7 Å². The summed E-state index contributed by atoms with van der Waals surface area (Å²) in [4.78, 5) is 35.3. The minimum atomic E-state index is -1.31. The van der Waals surface area contributed by atoms with Crippen LogP contribution in [-0.4, -0.2) is 66.3 Å². The standard InChI is InChI=1S/C28H30ClF2N5O5/c1-14-17(11-34-25-24(14)36(7-8-39-25)27(38)41-28(2,3)4)16-9-15-10-21(33-12-18(15)22(29)23(16)31)35-26(37)40-20-5-6-32-13-19(20)30/h9-12,19-20,32H,5-8,13H2,1-4H3,(H,33,35,37)/t19-,20+/m1/s1. The van der Waals surface area contributed by atoms with E-state index in [0.29, 0.717) is 40.6 Å². The van der Waals surface area contributed by atoms with Crippen molar-refractivity contribution in [1.29, 1.82) is 0 Å². The van der Waals surface area contributed by atoms with Crippen LogP contribution in [0.4, 0.5) is 29.9 Å². The first-order chi connectivity index (χ1) is 19.4. The number of carbonyl (C=O) groups is 2. The quantitative estimate of drug-likeness (QED) is 0.395. The smallest absolute Gasteiger partial charge is 0.415 e. The van der Waals surface area contributed by atoms with Gasteiger partial charge >= 0.3 is 12.2 Å². The number of rotatable bonds is 3. The summed E-state index contributed by atoms with van der Waals surface area (Å²) in [6.07, 6.45) is -0.460. The molecule has 5 rings (SSSR count). The highest BCUT2D eigenvalue weighted by molar-refractivity contribution is 6.36. The number of ether oxygens (including phenoxy) is 3. The lowest BCUT2D eigenvalue weighted by molar-refractivity contribution is 0.0342. The largest absolute Gasteiger partial charge is 0.474 e. The molecule has 0 spiro atoms. The summed E-state index contributed by atoms with van der Waals surface area (Å²) in [5.74, 6) is -0.356. The number of anilines is 2. The Morgan fingerprint density at radius 1 is 1.22 bits per heavy atom. The third-order valence-electron chi connectivity index (χ3n) is 6.74. The molecule has 0 saturated carbocycles. The molecule has 1 aromatic carbocycles. The first-order valence-electron chi connectivity index (χ1n) is 13.2. The monoisotopic (exact) mass is 589 g/mol. The number of alkyl halides is 1. The molecule has 1 fully saturated rings. The Morgan fingerprint density at radius 2 is 2.00 bits per heavy atom. The Hall–Kier alpha value is -3.77. The molecule has 10 nitrogen and oxygen atoms in total. The lowest BCUT2D eigenvalue weighted by atomic mass is 9.97. The molecule has 0 bridgehead atoms. The second-order valence-electron chi connectivity index (χ2n) is 10.9. The number of fused-ring (bicyclic) bond motifs is 2. The maximum atomic E-state index is 15.7. The van der Waals surface area contributed by atoms with Crippen LogP contribution in [0.3, 0.4) is 0 Å². The van der Waals surface area contributed by atoms with Crippen molar-refractivity contribution < 1.29 is 32.6 Å². The van der Waals surface area contributed by atoms with Crippen molar-refractivity contribution in [2.75, 3.05) is 36.5 Å². The van der Waals surface area contributed by atoms with E-state index in [1.54, 1.807) is 33.8 Å². The van der Waals surface area contributed by atoms with Gasteiger partial charge in [-0.2, -0.15) is 0 Å². The fourth-order valence-electron chi connectivity index (χ4n) is 4.80. The zero-order valence-electron chi connectivity index (χ0n) is 23.0. The first kappa shape index (κ1) is 28.7. The molecule has 2 amide bonds. The van der Waals surface area contributed by atoms with Gasteiger partial charge in [0.05, 0.1) is 11.6 Å².